The van der Waals surface area contributed by atoms with Crippen LogP contribution in [0.1, 0.15) is 25.3 Å². The van der Waals surface area contributed by atoms with Crippen LogP contribution >= 0.6 is 15.9 Å². The summed E-state index contributed by atoms with van der Waals surface area (Å²) in [5.41, 5.74) is 0.684. The number of hydrogen-bond donors (Lipinski definition) is 2. The molecule has 0 aliphatic carbocycles. The molecule has 0 radical (unpaired) electrons. The Morgan fingerprint density at radius 3 is 2.68 bits per heavy atom. The van der Waals surface area contributed by atoms with Crippen LogP contribution < -0.4 is 10.6 Å². The topological polar surface area (TPSA) is 75.3 Å². The van der Waals surface area contributed by atoms with Crippen molar-refractivity contribution in [3.63, 3.8) is 0 Å². The van der Waals surface area contributed by atoms with Gasteiger partial charge in [-0.3, -0.25) is 4.79 Å². The van der Waals surface area contributed by atoms with E-state index in [1.54, 1.807) is 24.3 Å². The quantitative estimate of drug-likeness (QED) is 0.803. The smallest absolute Gasteiger partial charge is 0.235 e. The van der Waals surface area contributed by atoms with Crippen molar-refractivity contribution in [2.45, 2.75) is 37.6 Å². The minimum atomic E-state index is -3.46. The van der Waals surface area contributed by atoms with E-state index in [4.69, 9.17) is 0 Å². The number of nitrogens with one attached hydrogen (secondary N) is 2. The van der Waals surface area contributed by atoms with Gasteiger partial charge in [0.2, 0.25) is 5.91 Å². The van der Waals surface area contributed by atoms with Crippen LogP contribution in [0.2, 0.25) is 0 Å². The van der Waals surface area contributed by atoms with Gasteiger partial charge in [-0.1, -0.05) is 28.1 Å². The zero-order valence-electron chi connectivity index (χ0n) is 12.5. The fourth-order valence-electron chi connectivity index (χ4n) is 2.57. The molecule has 2 unspecified atom stereocenters. The summed E-state index contributed by atoms with van der Waals surface area (Å²) in [7, 11) is -3.46. The van der Waals surface area contributed by atoms with Crippen LogP contribution in [-0.4, -0.2) is 38.7 Å². The number of rotatable bonds is 5. The van der Waals surface area contributed by atoms with E-state index in [0.717, 1.165) is 23.9 Å². The molecule has 7 heteroatoms. The first-order valence-corrected chi connectivity index (χ1v) is 9.95. The van der Waals surface area contributed by atoms with Crippen molar-refractivity contribution in [1.29, 1.82) is 0 Å². The molecule has 2 atom stereocenters. The molecule has 1 saturated heterocycles. The molecule has 1 fully saturated rings. The third kappa shape index (κ3) is 5.37. The van der Waals surface area contributed by atoms with Gasteiger partial charge in [0.25, 0.3) is 0 Å². The normalized spacial score (nSPS) is 22.3. The Balaban J connectivity index is 1.90. The Labute approximate surface area is 139 Å². The molecule has 0 bridgehead atoms. The van der Waals surface area contributed by atoms with E-state index in [9.17, 15) is 13.2 Å². The summed E-state index contributed by atoms with van der Waals surface area (Å²) in [4.78, 5) is 12.0. The largest absolute Gasteiger partial charge is 0.351 e. The summed E-state index contributed by atoms with van der Waals surface area (Å²) in [5, 5.41) is 6.11. The molecule has 0 saturated carbocycles. The molecule has 1 aromatic rings. The van der Waals surface area contributed by atoms with Crippen molar-refractivity contribution in [3.8, 4) is 0 Å². The standard InChI is InChI=1S/C15H21BrN2O3S/c1-11-14(3-2-8-17-11)18-15(19)10-22(20,21)9-12-4-6-13(16)7-5-12/h4-7,11,14,17H,2-3,8-10H2,1H3,(H,18,19). The van der Waals surface area contributed by atoms with Crippen molar-refractivity contribution in [2.75, 3.05) is 12.3 Å². The van der Waals surface area contributed by atoms with E-state index in [-0.39, 0.29) is 17.8 Å². The summed E-state index contributed by atoms with van der Waals surface area (Å²) in [5.74, 6) is -1.00. The number of piperidine rings is 1. The molecule has 22 heavy (non-hydrogen) atoms. The zero-order chi connectivity index (χ0) is 16.2. The van der Waals surface area contributed by atoms with E-state index < -0.39 is 21.5 Å². The summed E-state index contributed by atoms with van der Waals surface area (Å²) in [6.07, 6.45) is 1.87. The van der Waals surface area contributed by atoms with Gasteiger partial charge in [-0.2, -0.15) is 0 Å². The molecule has 0 spiro atoms. The van der Waals surface area contributed by atoms with Crippen LogP contribution in [-0.2, 0) is 20.4 Å². The molecule has 5 nitrogen and oxygen atoms in total. The first kappa shape index (κ1) is 17.4. The molecule has 1 aromatic carbocycles. The van der Waals surface area contributed by atoms with Gasteiger partial charge < -0.3 is 10.6 Å². The summed E-state index contributed by atoms with van der Waals surface area (Å²) >= 11 is 3.31. The molecule has 0 aromatic heterocycles. The van der Waals surface area contributed by atoms with Gasteiger partial charge in [0.05, 0.1) is 5.75 Å². The number of carbonyl (C=O) groups excluding carboxylic acids is 1. The SMILES string of the molecule is CC1NCCCC1NC(=O)CS(=O)(=O)Cc1ccc(Br)cc1. The van der Waals surface area contributed by atoms with Gasteiger partial charge in [0.15, 0.2) is 9.84 Å². The summed E-state index contributed by atoms with van der Waals surface area (Å²) < 4.78 is 25.2. The number of carbonyl (C=O) groups is 1. The highest BCUT2D eigenvalue weighted by Gasteiger charge is 2.25. The predicted octanol–water partition coefficient (Wildman–Crippen LogP) is 1.62. The lowest BCUT2D eigenvalue weighted by Crippen LogP contribution is -2.52. The van der Waals surface area contributed by atoms with Gasteiger partial charge in [0, 0.05) is 16.6 Å². The Morgan fingerprint density at radius 2 is 2.05 bits per heavy atom. The van der Waals surface area contributed by atoms with Gasteiger partial charge >= 0.3 is 0 Å². The van der Waals surface area contributed by atoms with Crippen molar-refractivity contribution in [1.82, 2.24) is 10.6 Å². The molecule has 1 amide bonds. The third-order valence-electron chi connectivity index (χ3n) is 3.76. The molecule has 1 aliphatic rings. The van der Waals surface area contributed by atoms with Crippen LogP contribution in [0.3, 0.4) is 0 Å². The van der Waals surface area contributed by atoms with E-state index in [0.29, 0.717) is 5.56 Å². The van der Waals surface area contributed by atoms with Gasteiger partial charge in [0.1, 0.15) is 5.75 Å². The van der Waals surface area contributed by atoms with Crippen molar-refractivity contribution >= 4 is 31.7 Å². The fraction of sp³-hybridized carbons (Fsp3) is 0.533. The van der Waals surface area contributed by atoms with Crippen molar-refractivity contribution in [3.05, 3.63) is 34.3 Å². The Hall–Kier alpha value is -0.920. The van der Waals surface area contributed by atoms with Gasteiger partial charge in [-0.05, 0) is 44.0 Å². The van der Waals surface area contributed by atoms with Crippen molar-refractivity contribution < 1.29 is 13.2 Å². The van der Waals surface area contributed by atoms with Crippen LogP contribution in [0, 0.1) is 0 Å². The molecule has 2 rings (SSSR count). The number of hydrogen-bond acceptors (Lipinski definition) is 4. The number of sulfone groups is 1. The highest BCUT2D eigenvalue weighted by molar-refractivity contribution is 9.10. The molecule has 1 heterocycles. The van der Waals surface area contributed by atoms with Crippen LogP contribution in [0.5, 0.6) is 0 Å². The molecular formula is C15H21BrN2O3S. The molecule has 122 valence electrons. The lowest BCUT2D eigenvalue weighted by atomic mass is 10.00. The van der Waals surface area contributed by atoms with E-state index >= 15 is 0 Å². The lowest BCUT2D eigenvalue weighted by Gasteiger charge is -2.30. The molecule has 1 aliphatic heterocycles. The second-order valence-electron chi connectivity index (χ2n) is 5.72. The predicted molar refractivity (Wildman–Crippen MR) is 90.3 cm³/mol. The number of benzene rings is 1. The van der Waals surface area contributed by atoms with E-state index in [2.05, 4.69) is 26.6 Å². The van der Waals surface area contributed by atoms with Gasteiger partial charge in [-0.15, -0.1) is 0 Å². The maximum absolute atomic E-state index is 12.1. The minimum Gasteiger partial charge on any atom is -0.351 e. The van der Waals surface area contributed by atoms with Crippen LogP contribution in [0.15, 0.2) is 28.7 Å². The number of amides is 1. The maximum atomic E-state index is 12.1. The first-order valence-electron chi connectivity index (χ1n) is 7.33. The maximum Gasteiger partial charge on any atom is 0.235 e. The van der Waals surface area contributed by atoms with E-state index in [1.807, 2.05) is 6.92 Å². The minimum absolute atomic E-state index is 0.00382. The average molecular weight is 389 g/mol. The Morgan fingerprint density at radius 1 is 1.36 bits per heavy atom. The Kier molecular flexibility index (Phi) is 6.00. The van der Waals surface area contributed by atoms with Crippen molar-refractivity contribution in [2.24, 2.45) is 0 Å². The van der Waals surface area contributed by atoms with Gasteiger partial charge in [-0.25, -0.2) is 8.42 Å². The number of halogens is 1. The van der Waals surface area contributed by atoms with Crippen LogP contribution in [0.4, 0.5) is 0 Å². The Bertz CT molecular complexity index is 616. The summed E-state index contributed by atoms with van der Waals surface area (Å²) in [6, 6.07) is 7.25. The second kappa shape index (κ2) is 7.57. The highest BCUT2D eigenvalue weighted by Crippen LogP contribution is 2.13. The molecular weight excluding hydrogens is 368 g/mol. The fourth-order valence-corrected chi connectivity index (χ4v) is 4.12. The van der Waals surface area contributed by atoms with Crippen LogP contribution in [0.25, 0.3) is 0 Å². The lowest BCUT2D eigenvalue weighted by molar-refractivity contribution is -0.119. The summed E-state index contributed by atoms with van der Waals surface area (Å²) in [6.45, 7) is 2.94. The first-order chi connectivity index (χ1) is 10.4. The van der Waals surface area contributed by atoms with E-state index in [1.165, 1.54) is 0 Å². The zero-order valence-corrected chi connectivity index (χ0v) is 14.9. The molecule has 2 N–H and O–H groups in total. The third-order valence-corrected chi connectivity index (χ3v) is 5.76. The monoisotopic (exact) mass is 388 g/mol. The highest BCUT2D eigenvalue weighted by atomic mass is 79.9. The average Bonchev–Trinajstić information content (AvgIpc) is 2.43. The second-order valence-corrected chi connectivity index (χ2v) is 8.70.